The average molecular weight is 258 g/mol. The van der Waals surface area contributed by atoms with Crippen molar-refractivity contribution in [1.29, 1.82) is 0 Å². The van der Waals surface area contributed by atoms with Gasteiger partial charge in [0.15, 0.2) is 0 Å². The SMILES string of the molecule is CC(CO)CSCc1ccc(C(=O)O)c(F)c1. The lowest BCUT2D eigenvalue weighted by Crippen LogP contribution is -2.04. The van der Waals surface area contributed by atoms with Gasteiger partial charge in [-0.25, -0.2) is 9.18 Å². The number of carboxylic acids is 1. The van der Waals surface area contributed by atoms with E-state index in [1.54, 1.807) is 17.8 Å². The highest BCUT2D eigenvalue weighted by Gasteiger charge is 2.10. The van der Waals surface area contributed by atoms with Gasteiger partial charge in [0.2, 0.25) is 0 Å². The lowest BCUT2D eigenvalue weighted by atomic mass is 10.1. The van der Waals surface area contributed by atoms with Gasteiger partial charge in [0.25, 0.3) is 0 Å². The van der Waals surface area contributed by atoms with Crippen LogP contribution in [-0.2, 0) is 5.75 Å². The molecule has 94 valence electrons. The van der Waals surface area contributed by atoms with Crippen molar-refractivity contribution in [3.05, 3.63) is 35.1 Å². The molecule has 0 fully saturated rings. The smallest absolute Gasteiger partial charge is 0.338 e. The first-order valence-corrected chi connectivity index (χ1v) is 6.40. The Morgan fingerprint density at radius 3 is 2.76 bits per heavy atom. The fourth-order valence-electron chi connectivity index (χ4n) is 1.25. The summed E-state index contributed by atoms with van der Waals surface area (Å²) >= 11 is 1.59. The molecule has 1 unspecified atom stereocenters. The molecule has 1 aromatic carbocycles. The Labute approximate surface area is 104 Å². The van der Waals surface area contributed by atoms with Crippen LogP contribution in [0.25, 0.3) is 0 Å². The average Bonchev–Trinajstić information content (AvgIpc) is 2.28. The monoisotopic (exact) mass is 258 g/mol. The fraction of sp³-hybridized carbons (Fsp3) is 0.417. The summed E-state index contributed by atoms with van der Waals surface area (Å²) in [5, 5.41) is 17.5. The summed E-state index contributed by atoms with van der Waals surface area (Å²) in [6.45, 7) is 2.07. The molecule has 0 aliphatic rings. The molecule has 0 aromatic heterocycles. The summed E-state index contributed by atoms with van der Waals surface area (Å²) in [6.07, 6.45) is 0. The number of benzene rings is 1. The summed E-state index contributed by atoms with van der Waals surface area (Å²) in [5.41, 5.74) is 0.449. The van der Waals surface area contributed by atoms with E-state index in [1.165, 1.54) is 12.1 Å². The molecule has 0 heterocycles. The fourth-order valence-corrected chi connectivity index (χ4v) is 2.29. The van der Waals surface area contributed by atoms with Crippen molar-refractivity contribution in [2.75, 3.05) is 12.4 Å². The Hall–Kier alpha value is -1.07. The molecule has 17 heavy (non-hydrogen) atoms. The molecule has 1 aromatic rings. The second-order valence-electron chi connectivity index (χ2n) is 3.92. The lowest BCUT2D eigenvalue weighted by Gasteiger charge is -2.07. The minimum atomic E-state index is -1.25. The number of thioether (sulfide) groups is 1. The molecule has 3 nitrogen and oxygen atoms in total. The van der Waals surface area contributed by atoms with Gasteiger partial charge in [-0.2, -0.15) is 11.8 Å². The van der Waals surface area contributed by atoms with E-state index in [2.05, 4.69) is 0 Å². The summed E-state index contributed by atoms with van der Waals surface area (Å²) in [7, 11) is 0. The van der Waals surface area contributed by atoms with Crippen molar-refractivity contribution in [1.82, 2.24) is 0 Å². The summed E-state index contributed by atoms with van der Waals surface area (Å²) in [5.74, 6) is -0.343. The third-order valence-electron chi connectivity index (χ3n) is 2.25. The predicted octanol–water partition coefficient (Wildman–Crippen LogP) is 2.39. The maximum atomic E-state index is 13.3. The van der Waals surface area contributed by atoms with Gasteiger partial charge in [0.05, 0.1) is 5.56 Å². The number of carbonyl (C=O) groups is 1. The van der Waals surface area contributed by atoms with Crippen LogP contribution in [-0.4, -0.2) is 28.5 Å². The molecule has 1 rings (SSSR count). The maximum Gasteiger partial charge on any atom is 0.338 e. The van der Waals surface area contributed by atoms with Crippen LogP contribution < -0.4 is 0 Å². The summed E-state index contributed by atoms with van der Waals surface area (Å²) < 4.78 is 13.3. The highest BCUT2D eigenvalue weighted by Crippen LogP contribution is 2.18. The van der Waals surface area contributed by atoms with Gasteiger partial charge >= 0.3 is 5.97 Å². The van der Waals surface area contributed by atoms with Gasteiger partial charge in [-0.3, -0.25) is 0 Å². The first kappa shape index (κ1) is 14.0. The highest BCUT2D eigenvalue weighted by atomic mass is 32.2. The normalized spacial score (nSPS) is 12.4. The van der Waals surface area contributed by atoms with E-state index in [1.807, 2.05) is 6.92 Å². The molecule has 0 aliphatic heterocycles. The van der Waals surface area contributed by atoms with E-state index in [4.69, 9.17) is 10.2 Å². The predicted molar refractivity (Wildman–Crippen MR) is 65.8 cm³/mol. The second-order valence-corrected chi connectivity index (χ2v) is 4.95. The Morgan fingerprint density at radius 1 is 1.53 bits per heavy atom. The van der Waals surface area contributed by atoms with E-state index in [0.717, 1.165) is 11.3 Å². The van der Waals surface area contributed by atoms with Gasteiger partial charge in [0.1, 0.15) is 5.82 Å². The zero-order chi connectivity index (χ0) is 12.8. The molecular formula is C12H15FO3S. The number of rotatable bonds is 6. The Balaban J connectivity index is 2.56. The Morgan fingerprint density at radius 2 is 2.24 bits per heavy atom. The lowest BCUT2D eigenvalue weighted by molar-refractivity contribution is 0.0692. The van der Waals surface area contributed by atoms with E-state index in [-0.39, 0.29) is 18.1 Å². The molecule has 0 amide bonds. The molecule has 5 heteroatoms. The van der Waals surface area contributed by atoms with Crippen molar-refractivity contribution in [3.63, 3.8) is 0 Å². The van der Waals surface area contributed by atoms with Gasteiger partial charge < -0.3 is 10.2 Å². The van der Waals surface area contributed by atoms with Crippen LogP contribution in [0.1, 0.15) is 22.8 Å². The van der Waals surface area contributed by atoms with Gasteiger partial charge in [-0.15, -0.1) is 0 Å². The van der Waals surface area contributed by atoms with Crippen LogP contribution in [0.3, 0.4) is 0 Å². The zero-order valence-corrected chi connectivity index (χ0v) is 10.3. The number of aliphatic hydroxyl groups is 1. The van der Waals surface area contributed by atoms with E-state index < -0.39 is 11.8 Å². The molecule has 2 N–H and O–H groups in total. The van der Waals surface area contributed by atoms with Crippen LogP contribution in [0.15, 0.2) is 18.2 Å². The quantitative estimate of drug-likeness (QED) is 0.822. The molecule has 0 saturated carbocycles. The number of hydrogen-bond donors (Lipinski definition) is 2. The topological polar surface area (TPSA) is 57.5 Å². The molecule has 0 radical (unpaired) electrons. The molecule has 0 spiro atoms. The van der Waals surface area contributed by atoms with Crippen molar-refractivity contribution in [2.24, 2.45) is 5.92 Å². The first-order chi connectivity index (χ1) is 8.04. The second kappa shape index (κ2) is 6.61. The minimum Gasteiger partial charge on any atom is -0.478 e. The third-order valence-corrected chi connectivity index (χ3v) is 3.59. The Bertz CT molecular complexity index is 395. The summed E-state index contributed by atoms with van der Waals surface area (Å²) in [4.78, 5) is 10.6. The number of halogens is 1. The molecular weight excluding hydrogens is 243 g/mol. The van der Waals surface area contributed by atoms with Crippen molar-refractivity contribution >= 4 is 17.7 Å². The van der Waals surface area contributed by atoms with Crippen LogP contribution in [0.4, 0.5) is 4.39 Å². The number of carboxylic acid groups (broad SMARTS) is 1. The van der Waals surface area contributed by atoms with Crippen molar-refractivity contribution in [2.45, 2.75) is 12.7 Å². The van der Waals surface area contributed by atoms with Gasteiger partial charge in [-0.05, 0) is 29.4 Å². The van der Waals surface area contributed by atoms with Crippen LogP contribution in [0.2, 0.25) is 0 Å². The minimum absolute atomic E-state index is 0.138. The molecule has 0 saturated heterocycles. The first-order valence-electron chi connectivity index (χ1n) is 5.25. The molecule has 1 atom stereocenters. The maximum absolute atomic E-state index is 13.3. The van der Waals surface area contributed by atoms with E-state index in [9.17, 15) is 9.18 Å². The van der Waals surface area contributed by atoms with Crippen molar-refractivity contribution < 1.29 is 19.4 Å². The number of hydrogen-bond acceptors (Lipinski definition) is 3. The molecule has 0 bridgehead atoms. The van der Waals surface area contributed by atoms with Crippen LogP contribution in [0, 0.1) is 11.7 Å². The zero-order valence-electron chi connectivity index (χ0n) is 9.52. The number of aromatic carboxylic acids is 1. The summed E-state index contributed by atoms with van der Waals surface area (Å²) in [6, 6.07) is 4.15. The van der Waals surface area contributed by atoms with Crippen molar-refractivity contribution in [3.8, 4) is 0 Å². The highest BCUT2D eigenvalue weighted by molar-refractivity contribution is 7.98. The number of aliphatic hydroxyl groups excluding tert-OH is 1. The Kier molecular flexibility index (Phi) is 5.44. The largest absolute Gasteiger partial charge is 0.478 e. The van der Waals surface area contributed by atoms with Crippen LogP contribution >= 0.6 is 11.8 Å². The van der Waals surface area contributed by atoms with E-state index in [0.29, 0.717) is 5.75 Å². The van der Waals surface area contributed by atoms with E-state index >= 15 is 0 Å². The van der Waals surface area contributed by atoms with Gasteiger partial charge in [-0.1, -0.05) is 13.0 Å². The standard InChI is InChI=1S/C12H15FO3S/c1-8(5-14)6-17-7-9-2-3-10(12(15)16)11(13)4-9/h2-4,8,14H,5-7H2,1H3,(H,15,16). The van der Waals surface area contributed by atoms with Crippen LogP contribution in [0.5, 0.6) is 0 Å². The molecule has 0 aliphatic carbocycles. The third kappa shape index (κ3) is 4.36. The van der Waals surface area contributed by atoms with Gasteiger partial charge in [0, 0.05) is 12.4 Å².